The molecule has 0 rings (SSSR count). The molecule has 0 N–H and O–H groups in total. The van der Waals surface area contributed by atoms with Crippen molar-refractivity contribution in [3.05, 3.63) is 11.6 Å². The Morgan fingerprint density at radius 3 is 2.12 bits per heavy atom. The van der Waals surface area contributed by atoms with Gasteiger partial charge in [0.05, 0.1) is 0 Å². The van der Waals surface area contributed by atoms with Crippen LogP contribution in [0.4, 0.5) is 0 Å². The van der Waals surface area contributed by atoms with E-state index in [1.54, 1.807) is 5.57 Å². The van der Waals surface area contributed by atoms with Gasteiger partial charge in [-0.2, -0.15) is 0 Å². The van der Waals surface area contributed by atoms with E-state index in [4.69, 9.17) is 0 Å². The SMILES string of the molecule is CCCC/C=C(/CBr)CCCCCCCC. The first-order chi connectivity index (χ1) is 7.85. The van der Waals surface area contributed by atoms with Crippen LogP contribution in [0.2, 0.25) is 0 Å². The van der Waals surface area contributed by atoms with Crippen LogP contribution in [-0.2, 0) is 0 Å². The monoisotopic (exact) mass is 288 g/mol. The molecule has 0 unspecified atom stereocenters. The summed E-state index contributed by atoms with van der Waals surface area (Å²) in [6.45, 7) is 4.54. The zero-order valence-electron chi connectivity index (χ0n) is 11.2. The second-order valence-corrected chi connectivity index (χ2v) is 5.22. The molecule has 0 fully saturated rings. The Bertz CT molecular complexity index is 161. The molecule has 0 saturated carbocycles. The third kappa shape index (κ3) is 10.7. The van der Waals surface area contributed by atoms with Crippen molar-refractivity contribution in [3.63, 3.8) is 0 Å². The van der Waals surface area contributed by atoms with E-state index < -0.39 is 0 Å². The molecule has 0 aliphatic heterocycles. The Morgan fingerprint density at radius 1 is 0.875 bits per heavy atom. The molecule has 0 saturated heterocycles. The van der Waals surface area contributed by atoms with Crippen molar-refractivity contribution in [3.8, 4) is 0 Å². The molecule has 0 amide bonds. The maximum atomic E-state index is 3.59. The fourth-order valence-corrected chi connectivity index (χ4v) is 2.38. The molecule has 96 valence electrons. The minimum Gasteiger partial charge on any atom is -0.0880 e. The smallest absolute Gasteiger partial charge is 0.0241 e. The lowest BCUT2D eigenvalue weighted by molar-refractivity contribution is 0.606. The Hall–Kier alpha value is 0.220. The van der Waals surface area contributed by atoms with E-state index in [-0.39, 0.29) is 0 Å². The van der Waals surface area contributed by atoms with E-state index in [2.05, 4.69) is 35.9 Å². The third-order valence-electron chi connectivity index (χ3n) is 3.01. The summed E-state index contributed by atoms with van der Waals surface area (Å²) in [5.41, 5.74) is 1.61. The summed E-state index contributed by atoms with van der Waals surface area (Å²) in [4.78, 5) is 0. The first-order valence-electron chi connectivity index (χ1n) is 7.09. The minimum atomic E-state index is 1.08. The molecule has 16 heavy (non-hydrogen) atoms. The molecule has 0 nitrogen and oxygen atoms in total. The van der Waals surface area contributed by atoms with Gasteiger partial charge in [-0.25, -0.2) is 0 Å². The van der Waals surface area contributed by atoms with Crippen LogP contribution in [0.15, 0.2) is 11.6 Å². The van der Waals surface area contributed by atoms with Gasteiger partial charge in [-0.15, -0.1) is 0 Å². The van der Waals surface area contributed by atoms with Crippen LogP contribution in [0.25, 0.3) is 0 Å². The molecule has 0 radical (unpaired) electrons. The van der Waals surface area contributed by atoms with Crippen molar-refractivity contribution < 1.29 is 0 Å². The quantitative estimate of drug-likeness (QED) is 0.239. The van der Waals surface area contributed by atoms with Crippen molar-refractivity contribution in [2.45, 2.75) is 78.1 Å². The molecule has 0 atom stereocenters. The van der Waals surface area contributed by atoms with Crippen molar-refractivity contribution in [2.75, 3.05) is 5.33 Å². The average Bonchev–Trinajstić information content (AvgIpc) is 2.31. The van der Waals surface area contributed by atoms with Crippen molar-refractivity contribution in [1.29, 1.82) is 0 Å². The zero-order chi connectivity index (χ0) is 12.1. The standard InChI is InChI=1S/C15H29Br/c1-3-5-7-8-9-11-13-15(14-16)12-10-6-4-2/h12H,3-11,13-14H2,1-2H3/b15-12+. The normalized spacial score (nSPS) is 12.1. The highest BCUT2D eigenvalue weighted by atomic mass is 79.9. The van der Waals surface area contributed by atoms with Crippen LogP contribution >= 0.6 is 15.9 Å². The maximum Gasteiger partial charge on any atom is 0.0241 e. The number of unbranched alkanes of at least 4 members (excludes halogenated alkanes) is 7. The molecule has 1 heteroatoms. The minimum absolute atomic E-state index is 1.08. The second-order valence-electron chi connectivity index (χ2n) is 4.66. The average molecular weight is 289 g/mol. The van der Waals surface area contributed by atoms with Crippen LogP contribution in [0.3, 0.4) is 0 Å². The van der Waals surface area contributed by atoms with Crippen molar-refractivity contribution in [2.24, 2.45) is 0 Å². The van der Waals surface area contributed by atoms with Gasteiger partial charge in [-0.1, -0.05) is 86.4 Å². The van der Waals surface area contributed by atoms with Crippen LogP contribution in [0, 0.1) is 0 Å². The molecule has 0 aromatic carbocycles. The predicted octanol–water partition coefficient (Wildman–Crippen LogP) is 6.25. The Kier molecular flexibility index (Phi) is 13.5. The molecule has 0 aromatic heterocycles. The van der Waals surface area contributed by atoms with Crippen LogP contribution in [0.5, 0.6) is 0 Å². The number of allylic oxidation sites excluding steroid dienone is 2. The molecule has 0 bridgehead atoms. The molecular formula is C15H29Br. The largest absolute Gasteiger partial charge is 0.0880 e. The highest BCUT2D eigenvalue weighted by Gasteiger charge is 1.96. The Labute approximate surface area is 111 Å². The molecule has 0 heterocycles. The van der Waals surface area contributed by atoms with Gasteiger partial charge in [-0.3, -0.25) is 0 Å². The summed E-state index contributed by atoms with van der Waals surface area (Å²) in [6, 6.07) is 0. The Balaban J connectivity index is 3.43. The first kappa shape index (κ1) is 16.2. The van der Waals surface area contributed by atoms with Crippen LogP contribution < -0.4 is 0 Å². The summed E-state index contributed by atoms with van der Waals surface area (Å²) in [7, 11) is 0. The van der Waals surface area contributed by atoms with Gasteiger partial charge in [0.2, 0.25) is 0 Å². The van der Waals surface area contributed by atoms with Gasteiger partial charge < -0.3 is 0 Å². The first-order valence-corrected chi connectivity index (χ1v) is 8.21. The molecule has 0 spiro atoms. The van der Waals surface area contributed by atoms with Crippen molar-refractivity contribution in [1.82, 2.24) is 0 Å². The third-order valence-corrected chi connectivity index (χ3v) is 3.73. The maximum absolute atomic E-state index is 3.59. The molecule has 0 aromatic rings. The lowest BCUT2D eigenvalue weighted by atomic mass is 10.0. The van der Waals surface area contributed by atoms with Gasteiger partial charge in [0, 0.05) is 5.33 Å². The van der Waals surface area contributed by atoms with Crippen LogP contribution in [-0.4, -0.2) is 5.33 Å². The van der Waals surface area contributed by atoms with E-state index in [1.807, 2.05) is 0 Å². The van der Waals surface area contributed by atoms with E-state index in [0.29, 0.717) is 0 Å². The number of alkyl halides is 1. The van der Waals surface area contributed by atoms with Gasteiger partial charge in [-0.05, 0) is 19.3 Å². The Morgan fingerprint density at radius 2 is 1.50 bits per heavy atom. The topological polar surface area (TPSA) is 0 Å². The summed E-state index contributed by atoms with van der Waals surface area (Å²) in [5.74, 6) is 0. The summed E-state index contributed by atoms with van der Waals surface area (Å²) in [5, 5.41) is 1.08. The molecular weight excluding hydrogens is 260 g/mol. The lowest BCUT2D eigenvalue weighted by Gasteiger charge is -2.04. The number of hydrogen-bond donors (Lipinski definition) is 0. The molecule has 0 aliphatic carbocycles. The number of halogens is 1. The summed E-state index contributed by atoms with van der Waals surface area (Å²) in [6.07, 6.45) is 16.1. The van der Waals surface area contributed by atoms with E-state index >= 15 is 0 Å². The number of rotatable bonds is 11. The van der Waals surface area contributed by atoms with E-state index in [0.717, 1.165) is 5.33 Å². The number of hydrogen-bond acceptors (Lipinski definition) is 0. The van der Waals surface area contributed by atoms with Gasteiger partial charge in [0.15, 0.2) is 0 Å². The highest BCUT2D eigenvalue weighted by Crippen LogP contribution is 2.15. The second kappa shape index (κ2) is 13.3. The van der Waals surface area contributed by atoms with E-state index in [9.17, 15) is 0 Å². The van der Waals surface area contributed by atoms with E-state index in [1.165, 1.54) is 64.2 Å². The summed E-state index contributed by atoms with van der Waals surface area (Å²) < 4.78 is 0. The fourth-order valence-electron chi connectivity index (χ4n) is 1.87. The summed E-state index contributed by atoms with van der Waals surface area (Å²) >= 11 is 3.59. The zero-order valence-corrected chi connectivity index (χ0v) is 12.8. The van der Waals surface area contributed by atoms with Gasteiger partial charge in [0.1, 0.15) is 0 Å². The lowest BCUT2D eigenvalue weighted by Crippen LogP contribution is -1.87. The van der Waals surface area contributed by atoms with Crippen molar-refractivity contribution >= 4 is 15.9 Å². The van der Waals surface area contributed by atoms with Gasteiger partial charge in [0.25, 0.3) is 0 Å². The predicted molar refractivity (Wildman–Crippen MR) is 79.4 cm³/mol. The van der Waals surface area contributed by atoms with Crippen LogP contribution in [0.1, 0.15) is 78.1 Å². The van der Waals surface area contributed by atoms with Gasteiger partial charge >= 0.3 is 0 Å². The fraction of sp³-hybridized carbons (Fsp3) is 0.867. The molecule has 0 aliphatic rings. The highest BCUT2D eigenvalue weighted by molar-refractivity contribution is 9.09.